The Balaban J connectivity index is 1.49. The van der Waals surface area contributed by atoms with Gasteiger partial charge in [0.1, 0.15) is 11.5 Å². The van der Waals surface area contributed by atoms with Crippen LogP contribution in [0.15, 0.2) is 30.5 Å². The average molecular weight is 377 g/mol. The summed E-state index contributed by atoms with van der Waals surface area (Å²) in [6.45, 7) is 5.75. The molecule has 0 unspecified atom stereocenters. The second kappa shape index (κ2) is 7.27. The summed E-state index contributed by atoms with van der Waals surface area (Å²) in [4.78, 5) is 8.28. The molecule has 0 bridgehead atoms. The lowest BCUT2D eigenvalue weighted by Gasteiger charge is -2.31. The zero-order valence-electron chi connectivity index (χ0n) is 14.6. The van der Waals surface area contributed by atoms with Gasteiger partial charge < -0.3 is 14.2 Å². The van der Waals surface area contributed by atoms with Crippen molar-refractivity contribution in [3.63, 3.8) is 0 Å². The van der Waals surface area contributed by atoms with Crippen molar-refractivity contribution in [2.24, 2.45) is 0 Å². The van der Waals surface area contributed by atoms with Crippen molar-refractivity contribution >= 4 is 28.2 Å². The zero-order chi connectivity index (χ0) is 17.3. The van der Waals surface area contributed by atoms with Crippen LogP contribution in [-0.4, -0.2) is 47.3 Å². The first-order chi connectivity index (χ1) is 12.1. The van der Waals surface area contributed by atoms with Gasteiger partial charge in [0.15, 0.2) is 0 Å². The molecule has 0 saturated carbocycles. The Morgan fingerprint density at radius 1 is 1.16 bits per heavy atom. The van der Waals surface area contributed by atoms with Gasteiger partial charge >= 0.3 is 0 Å². The summed E-state index contributed by atoms with van der Waals surface area (Å²) in [7, 11) is 0. The molecule has 3 heterocycles. The monoisotopic (exact) mass is 376 g/mol. The number of hydrogen-bond acceptors (Lipinski definition) is 5. The van der Waals surface area contributed by atoms with E-state index in [0.29, 0.717) is 0 Å². The van der Waals surface area contributed by atoms with Gasteiger partial charge in [-0.2, -0.15) is 0 Å². The molecule has 0 radical (unpaired) electrons. The molecule has 0 aliphatic carbocycles. The van der Waals surface area contributed by atoms with Gasteiger partial charge in [-0.1, -0.05) is 30.2 Å². The predicted octanol–water partition coefficient (Wildman–Crippen LogP) is 3.45. The number of anilines is 1. The lowest BCUT2D eigenvalue weighted by atomic mass is 9.83. The van der Waals surface area contributed by atoms with Crippen molar-refractivity contribution < 1.29 is 9.29 Å². The van der Waals surface area contributed by atoms with Crippen molar-refractivity contribution in [1.82, 2.24) is 4.98 Å². The van der Waals surface area contributed by atoms with E-state index in [4.69, 9.17) is 9.72 Å². The number of benzene rings is 1. The topological polar surface area (TPSA) is 48.4 Å². The number of nitrogens with zero attached hydrogens (tertiary/aromatic N) is 2. The normalized spacial score (nSPS) is 21.4. The molecule has 4 rings (SSSR count). The van der Waals surface area contributed by atoms with E-state index in [9.17, 15) is 4.55 Å². The molecule has 1 aromatic carbocycles. The minimum Gasteiger partial charge on any atom is -0.616 e. The molecule has 6 heteroatoms. The maximum absolute atomic E-state index is 11.5. The number of hydrogen-bond donors (Lipinski definition) is 0. The third-order valence-electron chi connectivity index (χ3n) is 5.31. The highest BCUT2D eigenvalue weighted by Crippen LogP contribution is 2.39. The minimum absolute atomic E-state index is 0.157. The molecule has 0 spiro atoms. The van der Waals surface area contributed by atoms with Gasteiger partial charge in [0, 0.05) is 30.5 Å². The summed E-state index contributed by atoms with van der Waals surface area (Å²) in [6.07, 6.45) is 4.12. The van der Waals surface area contributed by atoms with Gasteiger partial charge in [0.25, 0.3) is 0 Å². The number of aromatic nitrogens is 1. The van der Waals surface area contributed by atoms with Gasteiger partial charge in [-0.3, -0.25) is 0 Å². The maximum Gasteiger partial charge on any atom is 0.123 e. The second-order valence-electron chi connectivity index (χ2n) is 7.08. The highest BCUT2D eigenvalue weighted by molar-refractivity contribution is 7.91. The van der Waals surface area contributed by atoms with Crippen LogP contribution < -0.4 is 4.90 Å². The van der Waals surface area contributed by atoms with Crippen molar-refractivity contribution in [3.8, 4) is 10.4 Å². The molecule has 25 heavy (non-hydrogen) atoms. The highest BCUT2D eigenvalue weighted by Gasteiger charge is 2.32. The molecule has 2 aliphatic rings. The first kappa shape index (κ1) is 17.3. The summed E-state index contributed by atoms with van der Waals surface area (Å²) < 4.78 is 17.0. The first-order valence-electron chi connectivity index (χ1n) is 8.88. The highest BCUT2D eigenvalue weighted by atomic mass is 32.2. The molecule has 0 amide bonds. The van der Waals surface area contributed by atoms with Crippen molar-refractivity contribution in [3.05, 3.63) is 35.5 Å². The Morgan fingerprint density at radius 2 is 1.84 bits per heavy atom. The average Bonchev–Trinajstić information content (AvgIpc) is 3.14. The van der Waals surface area contributed by atoms with Crippen molar-refractivity contribution in [1.29, 1.82) is 0 Å². The van der Waals surface area contributed by atoms with Crippen LogP contribution in [0.25, 0.3) is 10.4 Å². The van der Waals surface area contributed by atoms with E-state index in [0.717, 1.165) is 50.7 Å². The predicted molar refractivity (Wildman–Crippen MR) is 105 cm³/mol. The molecule has 2 fully saturated rings. The minimum atomic E-state index is -0.630. The Morgan fingerprint density at radius 3 is 2.52 bits per heavy atom. The molecular weight excluding hydrogens is 352 g/mol. The molecule has 1 aromatic heterocycles. The standard InChI is InChI=1S/C19H24N2O2S2/c1-19(6-10-23-11-7-19)18-20-14-17(24-18)15-2-4-16(5-3-15)21-8-12-25(22)13-9-21/h2-5,14H,6-13H2,1H3. The summed E-state index contributed by atoms with van der Waals surface area (Å²) in [5, 5.41) is 1.23. The number of rotatable bonds is 3. The largest absolute Gasteiger partial charge is 0.616 e. The maximum atomic E-state index is 11.5. The summed E-state index contributed by atoms with van der Waals surface area (Å²) >= 11 is 1.18. The van der Waals surface area contributed by atoms with E-state index in [1.54, 1.807) is 0 Å². The van der Waals surface area contributed by atoms with Crippen LogP contribution in [0.1, 0.15) is 24.8 Å². The fraction of sp³-hybridized carbons (Fsp3) is 0.526. The third kappa shape index (κ3) is 3.72. The van der Waals surface area contributed by atoms with Crippen LogP contribution in [0.4, 0.5) is 5.69 Å². The van der Waals surface area contributed by atoms with Crippen molar-refractivity contribution in [2.75, 3.05) is 42.7 Å². The van der Waals surface area contributed by atoms with Crippen LogP contribution >= 0.6 is 11.3 Å². The van der Waals surface area contributed by atoms with Gasteiger partial charge in [0.05, 0.1) is 23.0 Å². The molecule has 0 N–H and O–H groups in total. The Kier molecular flexibility index (Phi) is 5.04. The smallest absolute Gasteiger partial charge is 0.123 e. The quantitative estimate of drug-likeness (QED) is 0.770. The molecule has 2 saturated heterocycles. The Bertz CT molecular complexity index is 702. The Hall–Kier alpha value is -1.08. The summed E-state index contributed by atoms with van der Waals surface area (Å²) in [6, 6.07) is 8.73. The lowest BCUT2D eigenvalue weighted by Crippen LogP contribution is -2.40. The Labute approximate surface area is 156 Å². The SMILES string of the molecule is CC1(c2ncc(-c3ccc(N4CC[S+]([O-])CC4)cc3)s2)CCOCC1. The fourth-order valence-electron chi connectivity index (χ4n) is 3.45. The third-order valence-corrected chi connectivity index (χ3v) is 7.94. The van der Waals surface area contributed by atoms with Crippen LogP contribution in [0.5, 0.6) is 0 Å². The van der Waals surface area contributed by atoms with Gasteiger partial charge in [-0.05, 0) is 30.5 Å². The van der Waals surface area contributed by atoms with Crippen LogP contribution in [-0.2, 0) is 21.3 Å². The molecule has 134 valence electrons. The van der Waals surface area contributed by atoms with Crippen LogP contribution in [0.3, 0.4) is 0 Å². The van der Waals surface area contributed by atoms with Crippen LogP contribution in [0, 0.1) is 0 Å². The lowest BCUT2D eigenvalue weighted by molar-refractivity contribution is 0.0563. The molecule has 0 atom stereocenters. The molecule has 2 aromatic rings. The van der Waals surface area contributed by atoms with Gasteiger partial charge in [-0.25, -0.2) is 4.98 Å². The zero-order valence-corrected chi connectivity index (χ0v) is 16.2. The van der Waals surface area contributed by atoms with Gasteiger partial charge in [-0.15, -0.1) is 11.3 Å². The second-order valence-corrected chi connectivity index (χ2v) is 9.81. The van der Waals surface area contributed by atoms with E-state index < -0.39 is 11.2 Å². The van der Waals surface area contributed by atoms with Crippen LogP contribution in [0.2, 0.25) is 0 Å². The number of thiazole rings is 1. The van der Waals surface area contributed by atoms with Crippen molar-refractivity contribution in [2.45, 2.75) is 25.2 Å². The summed E-state index contributed by atoms with van der Waals surface area (Å²) in [5.41, 5.74) is 2.61. The van der Waals surface area contributed by atoms with E-state index in [1.807, 2.05) is 17.5 Å². The summed E-state index contributed by atoms with van der Waals surface area (Å²) in [5.74, 6) is 1.56. The van der Waals surface area contributed by atoms with Gasteiger partial charge in [0.2, 0.25) is 0 Å². The first-order valence-corrected chi connectivity index (χ1v) is 11.2. The van der Waals surface area contributed by atoms with E-state index >= 15 is 0 Å². The van der Waals surface area contributed by atoms with E-state index in [1.165, 1.54) is 21.1 Å². The molecular formula is C19H24N2O2S2. The molecule has 2 aliphatic heterocycles. The van der Waals surface area contributed by atoms with E-state index in [2.05, 4.69) is 36.1 Å². The fourth-order valence-corrected chi connectivity index (χ4v) is 5.63. The molecule has 4 nitrogen and oxygen atoms in total. The number of ether oxygens (including phenoxy) is 1. The van der Waals surface area contributed by atoms with E-state index in [-0.39, 0.29) is 5.41 Å².